The monoisotopic (exact) mass is 502 g/mol. The summed E-state index contributed by atoms with van der Waals surface area (Å²) in [6.45, 7) is 7.87. The topological polar surface area (TPSA) is 98.2 Å². The molecule has 194 valence electrons. The molecule has 2 aliphatic rings. The maximum absolute atomic E-state index is 13.6. The number of ether oxygens (including phenoxy) is 1. The van der Waals surface area contributed by atoms with E-state index in [1.807, 2.05) is 4.90 Å². The second kappa shape index (κ2) is 10.0. The van der Waals surface area contributed by atoms with E-state index in [2.05, 4.69) is 78.4 Å². The smallest absolute Gasteiger partial charge is 0.326 e. The summed E-state index contributed by atoms with van der Waals surface area (Å²) in [5.41, 5.74) is 6.03. The van der Waals surface area contributed by atoms with E-state index >= 15 is 0 Å². The standard InChI is InChI=1S/C29H34N4O4/c1-29(2,3)21-6-4-5-19(13-21)20-7-8-25-26(14-20)33(23-10-12-32(25)16-23)28(36)31-22-9-11-30-27(15-22)37-18-24(35)17-34/h4-9,11,13-15,23-24,34-35H,10,12,16-18H2,1-3H3,(H,30,31,36)/t23-,24+/m0/s1. The first-order valence-electron chi connectivity index (χ1n) is 12.7. The molecule has 2 bridgehead atoms. The maximum Gasteiger partial charge on any atom is 0.326 e. The molecule has 5 rings (SSSR count). The van der Waals surface area contributed by atoms with E-state index in [0.717, 1.165) is 42.0 Å². The lowest BCUT2D eigenvalue weighted by molar-refractivity contribution is 0.0521. The van der Waals surface area contributed by atoms with Gasteiger partial charge in [-0.25, -0.2) is 9.78 Å². The van der Waals surface area contributed by atoms with Crippen molar-refractivity contribution in [3.63, 3.8) is 0 Å². The molecule has 0 spiro atoms. The average molecular weight is 503 g/mol. The number of amides is 2. The van der Waals surface area contributed by atoms with Gasteiger partial charge in [0.25, 0.3) is 0 Å². The Hall–Kier alpha value is -3.62. The minimum Gasteiger partial charge on any atom is -0.475 e. The van der Waals surface area contributed by atoms with E-state index in [1.54, 1.807) is 12.1 Å². The zero-order valence-corrected chi connectivity index (χ0v) is 21.5. The van der Waals surface area contributed by atoms with Gasteiger partial charge in [0.15, 0.2) is 0 Å². The minimum absolute atomic E-state index is 0.0459. The Bertz CT molecular complexity index is 1290. The largest absolute Gasteiger partial charge is 0.475 e. The summed E-state index contributed by atoms with van der Waals surface area (Å²) in [5, 5.41) is 21.5. The van der Waals surface area contributed by atoms with Crippen molar-refractivity contribution in [3.8, 4) is 17.0 Å². The van der Waals surface area contributed by atoms with Crippen LogP contribution in [0.3, 0.4) is 0 Å². The summed E-state index contributed by atoms with van der Waals surface area (Å²) in [4.78, 5) is 22.0. The van der Waals surface area contributed by atoms with Crippen LogP contribution in [0.4, 0.5) is 21.9 Å². The number of anilines is 3. The predicted octanol–water partition coefficient (Wildman–Crippen LogP) is 4.41. The first kappa shape index (κ1) is 25.0. The van der Waals surface area contributed by atoms with E-state index in [9.17, 15) is 9.90 Å². The Morgan fingerprint density at radius 2 is 1.95 bits per heavy atom. The van der Waals surface area contributed by atoms with Crippen LogP contribution in [0.25, 0.3) is 11.1 Å². The molecule has 1 aromatic heterocycles. The van der Waals surface area contributed by atoms with E-state index in [-0.39, 0.29) is 30.0 Å². The number of urea groups is 1. The number of carbonyl (C=O) groups is 1. The SMILES string of the molecule is CC(C)(C)c1cccc(-c2ccc3c(c2)N(C(=O)Nc2ccnc(OC[C@H](O)CO)c2)[C@H]2CCN3C2)c1. The number of hydrogen-bond acceptors (Lipinski definition) is 6. The summed E-state index contributed by atoms with van der Waals surface area (Å²) in [7, 11) is 0. The third kappa shape index (κ3) is 5.26. The fourth-order valence-corrected chi connectivity index (χ4v) is 4.96. The number of rotatable bonds is 6. The molecule has 0 saturated carbocycles. The fourth-order valence-electron chi connectivity index (χ4n) is 4.96. The summed E-state index contributed by atoms with van der Waals surface area (Å²) in [5.74, 6) is 0.261. The number of hydrogen-bond donors (Lipinski definition) is 3. The Labute approximate surface area is 217 Å². The normalized spacial score (nSPS) is 17.4. The Kier molecular flexibility index (Phi) is 6.79. The molecule has 0 unspecified atom stereocenters. The number of nitrogens with one attached hydrogen (secondary N) is 1. The summed E-state index contributed by atoms with van der Waals surface area (Å²) in [6, 6.07) is 18.2. The lowest BCUT2D eigenvalue weighted by Crippen LogP contribution is -2.47. The van der Waals surface area contributed by atoms with Gasteiger partial charge in [0.1, 0.15) is 12.7 Å². The summed E-state index contributed by atoms with van der Waals surface area (Å²) < 4.78 is 5.44. The van der Waals surface area contributed by atoms with Crippen LogP contribution in [0.1, 0.15) is 32.8 Å². The molecule has 8 heteroatoms. The molecule has 2 atom stereocenters. The second-order valence-corrected chi connectivity index (χ2v) is 10.8. The predicted molar refractivity (Wildman–Crippen MR) is 146 cm³/mol. The molecule has 0 radical (unpaired) electrons. The van der Waals surface area contributed by atoms with E-state index in [0.29, 0.717) is 5.69 Å². The lowest BCUT2D eigenvalue weighted by Gasteiger charge is -2.37. The Balaban J connectivity index is 1.42. The second-order valence-electron chi connectivity index (χ2n) is 10.8. The van der Waals surface area contributed by atoms with Crippen LogP contribution in [-0.2, 0) is 5.41 Å². The van der Waals surface area contributed by atoms with Crippen LogP contribution in [0.15, 0.2) is 60.8 Å². The minimum atomic E-state index is -0.992. The number of benzene rings is 2. The number of pyridine rings is 1. The molecular weight excluding hydrogens is 468 g/mol. The third-order valence-electron chi connectivity index (χ3n) is 7.01. The highest BCUT2D eigenvalue weighted by molar-refractivity contribution is 6.06. The van der Waals surface area contributed by atoms with Crippen molar-refractivity contribution in [1.29, 1.82) is 0 Å². The molecule has 0 aliphatic carbocycles. The van der Waals surface area contributed by atoms with E-state index in [1.165, 1.54) is 11.8 Å². The van der Waals surface area contributed by atoms with E-state index < -0.39 is 12.7 Å². The molecule has 1 saturated heterocycles. The van der Waals surface area contributed by atoms with Gasteiger partial charge in [-0.15, -0.1) is 0 Å². The van der Waals surface area contributed by atoms with Crippen molar-refractivity contribution in [2.75, 3.05) is 41.4 Å². The Morgan fingerprint density at radius 3 is 2.73 bits per heavy atom. The van der Waals surface area contributed by atoms with Crippen LogP contribution in [-0.4, -0.2) is 59.7 Å². The molecule has 2 amide bonds. The number of aromatic nitrogens is 1. The van der Waals surface area contributed by atoms with Crippen molar-refractivity contribution in [1.82, 2.24) is 4.98 Å². The van der Waals surface area contributed by atoms with Gasteiger partial charge < -0.3 is 25.2 Å². The quantitative estimate of drug-likeness (QED) is 0.462. The van der Waals surface area contributed by atoms with Crippen molar-refractivity contribution in [2.45, 2.75) is 44.8 Å². The highest BCUT2D eigenvalue weighted by Gasteiger charge is 2.39. The Morgan fingerprint density at radius 1 is 1.14 bits per heavy atom. The first-order valence-corrected chi connectivity index (χ1v) is 12.7. The molecular formula is C29H34N4O4. The number of fused-ring (bicyclic) bond motifs is 4. The van der Waals surface area contributed by atoms with Crippen molar-refractivity contribution in [3.05, 3.63) is 66.4 Å². The van der Waals surface area contributed by atoms with Crippen LogP contribution < -0.4 is 19.9 Å². The average Bonchev–Trinajstić information content (AvgIpc) is 3.31. The fraction of sp³-hybridized carbons (Fsp3) is 0.379. The number of nitrogens with zero attached hydrogens (tertiary/aromatic N) is 3. The zero-order chi connectivity index (χ0) is 26.2. The van der Waals surface area contributed by atoms with Gasteiger partial charge in [0, 0.05) is 31.0 Å². The molecule has 1 fully saturated rings. The van der Waals surface area contributed by atoms with Crippen LogP contribution in [0.5, 0.6) is 5.88 Å². The summed E-state index contributed by atoms with van der Waals surface area (Å²) >= 11 is 0. The molecule has 8 nitrogen and oxygen atoms in total. The molecule has 2 aliphatic heterocycles. The zero-order valence-electron chi connectivity index (χ0n) is 21.5. The molecule has 3 N–H and O–H groups in total. The van der Waals surface area contributed by atoms with Gasteiger partial charge in [-0.2, -0.15) is 0 Å². The molecule has 2 aromatic carbocycles. The van der Waals surface area contributed by atoms with Gasteiger partial charge in [-0.05, 0) is 46.7 Å². The summed E-state index contributed by atoms with van der Waals surface area (Å²) in [6.07, 6.45) is 1.45. The highest BCUT2D eigenvalue weighted by atomic mass is 16.5. The number of aliphatic hydroxyl groups is 2. The van der Waals surface area contributed by atoms with Crippen LogP contribution in [0.2, 0.25) is 0 Å². The number of carbonyl (C=O) groups excluding carboxylic acids is 1. The van der Waals surface area contributed by atoms with Crippen molar-refractivity contribution < 1.29 is 19.7 Å². The van der Waals surface area contributed by atoms with Gasteiger partial charge in [0.2, 0.25) is 5.88 Å². The van der Waals surface area contributed by atoms with Gasteiger partial charge >= 0.3 is 6.03 Å². The maximum atomic E-state index is 13.6. The highest BCUT2D eigenvalue weighted by Crippen LogP contribution is 2.43. The van der Waals surface area contributed by atoms with Gasteiger partial charge in [-0.1, -0.05) is 51.1 Å². The van der Waals surface area contributed by atoms with Gasteiger partial charge in [0.05, 0.1) is 24.0 Å². The van der Waals surface area contributed by atoms with Gasteiger partial charge in [-0.3, -0.25) is 4.90 Å². The molecule has 3 aromatic rings. The first-order chi connectivity index (χ1) is 17.7. The van der Waals surface area contributed by atoms with Crippen molar-refractivity contribution in [2.24, 2.45) is 0 Å². The lowest BCUT2D eigenvalue weighted by atomic mass is 9.85. The molecule has 37 heavy (non-hydrogen) atoms. The van der Waals surface area contributed by atoms with Crippen LogP contribution in [0, 0.1) is 0 Å². The van der Waals surface area contributed by atoms with Crippen LogP contribution >= 0.6 is 0 Å². The van der Waals surface area contributed by atoms with Crippen molar-refractivity contribution >= 4 is 23.1 Å². The van der Waals surface area contributed by atoms with E-state index in [4.69, 9.17) is 9.84 Å². The number of aliphatic hydroxyl groups excluding tert-OH is 2. The third-order valence-corrected chi connectivity index (χ3v) is 7.01. The molecule has 3 heterocycles.